The first-order valence-electron chi connectivity index (χ1n) is 9.03. The van der Waals surface area contributed by atoms with Gasteiger partial charge in [-0.15, -0.1) is 11.3 Å². The normalized spacial score (nSPS) is 19.2. The molecule has 3 heterocycles. The van der Waals surface area contributed by atoms with Crippen LogP contribution < -0.4 is 0 Å². The molecule has 6 nitrogen and oxygen atoms in total. The molecule has 0 radical (unpaired) electrons. The first-order valence-corrected chi connectivity index (χ1v) is 9.91. The Hall–Kier alpha value is -2.51. The molecule has 7 heteroatoms. The van der Waals surface area contributed by atoms with E-state index in [-0.39, 0.29) is 11.3 Å². The number of likely N-dealkylation sites (tertiary alicyclic amines) is 1. The molecule has 1 aliphatic heterocycles. The van der Waals surface area contributed by atoms with Gasteiger partial charge in [0.1, 0.15) is 5.76 Å². The third-order valence-corrected chi connectivity index (χ3v) is 5.78. The van der Waals surface area contributed by atoms with Crippen molar-refractivity contribution in [2.24, 2.45) is 0 Å². The fourth-order valence-corrected chi connectivity index (χ4v) is 4.15. The van der Waals surface area contributed by atoms with E-state index >= 15 is 0 Å². The van der Waals surface area contributed by atoms with Gasteiger partial charge in [-0.2, -0.15) is 0 Å². The average molecular weight is 385 g/mol. The lowest BCUT2D eigenvalue weighted by Crippen LogP contribution is -2.37. The van der Waals surface area contributed by atoms with Crippen LogP contribution in [-0.2, 0) is 9.59 Å². The Morgan fingerprint density at radius 3 is 2.52 bits per heavy atom. The summed E-state index contributed by atoms with van der Waals surface area (Å²) in [4.78, 5) is 34.1. The summed E-state index contributed by atoms with van der Waals surface area (Å²) in [6.45, 7) is 7.00. The van der Waals surface area contributed by atoms with Crippen molar-refractivity contribution >= 4 is 28.8 Å². The molecule has 1 unspecified atom stereocenters. The molecule has 0 bridgehead atoms. The van der Waals surface area contributed by atoms with E-state index in [0.29, 0.717) is 18.7 Å². The van der Waals surface area contributed by atoms with Gasteiger partial charge in [-0.05, 0) is 36.7 Å². The van der Waals surface area contributed by atoms with Crippen LogP contribution in [0.15, 0.2) is 47.6 Å². The Morgan fingerprint density at radius 2 is 1.93 bits per heavy atom. The number of carbonyl (C=O) groups excluding carboxylic acids is 2. The number of aromatic nitrogens is 1. The van der Waals surface area contributed by atoms with E-state index in [0.717, 1.165) is 18.0 Å². The number of rotatable bonds is 7. The number of thiophene rings is 1. The van der Waals surface area contributed by atoms with Crippen LogP contribution in [-0.4, -0.2) is 57.8 Å². The zero-order chi connectivity index (χ0) is 19.4. The van der Waals surface area contributed by atoms with Crippen molar-refractivity contribution < 1.29 is 14.7 Å². The van der Waals surface area contributed by atoms with Crippen molar-refractivity contribution in [3.63, 3.8) is 0 Å². The van der Waals surface area contributed by atoms with Gasteiger partial charge in [0.05, 0.1) is 11.6 Å². The number of likely N-dealkylation sites (N-methyl/N-ethyl adjacent to an activating group) is 1. The summed E-state index contributed by atoms with van der Waals surface area (Å²) in [5.74, 6) is -1.35. The second kappa shape index (κ2) is 8.45. The first kappa shape index (κ1) is 19.3. The fraction of sp³-hybridized carbons (Fsp3) is 0.350. The highest BCUT2D eigenvalue weighted by atomic mass is 32.1. The molecule has 3 rings (SSSR count). The maximum atomic E-state index is 12.8. The van der Waals surface area contributed by atoms with Gasteiger partial charge < -0.3 is 14.9 Å². The summed E-state index contributed by atoms with van der Waals surface area (Å²) in [5.41, 5.74) is 0.626. The predicted octanol–water partition coefficient (Wildman–Crippen LogP) is 2.91. The number of ketones is 1. The van der Waals surface area contributed by atoms with E-state index in [1.807, 2.05) is 17.5 Å². The second-order valence-electron chi connectivity index (χ2n) is 6.27. The van der Waals surface area contributed by atoms with E-state index in [2.05, 4.69) is 23.7 Å². The lowest BCUT2D eigenvalue weighted by atomic mass is 10.0. The molecule has 142 valence electrons. The quantitative estimate of drug-likeness (QED) is 0.451. The first-order chi connectivity index (χ1) is 13.1. The van der Waals surface area contributed by atoms with Crippen LogP contribution in [0.4, 0.5) is 0 Å². The summed E-state index contributed by atoms with van der Waals surface area (Å²) in [6.07, 6.45) is 3.09. The van der Waals surface area contributed by atoms with Crippen LogP contribution in [0.2, 0.25) is 0 Å². The number of amides is 1. The van der Waals surface area contributed by atoms with E-state index in [4.69, 9.17) is 0 Å². The highest BCUT2D eigenvalue weighted by Crippen LogP contribution is 2.40. The molecule has 0 spiro atoms. The number of Topliss-reactive ketones (excluding diaryl/α,β-unsaturated/α-hetero) is 1. The minimum Gasteiger partial charge on any atom is -0.507 e. The van der Waals surface area contributed by atoms with Gasteiger partial charge in [0.25, 0.3) is 11.7 Å². The predicted molar refractivity (Wildman–Crippen MR) is 105 cm³/mol. The number of aliphatic hydroxyl groups is 1. The summed E-state index contributed by atoms with van der Waals surface area (Å²) in [5, 5.41) is 12.7. The lowest BCUT2D eigenvalue weighted by Gasteiger charge is -2.27. The van der Waals surface area contributed by atoms with E-state index in [1.54, 1.807) is 29.4 Å². The Bertz CT molecular complexity index is 829. The van der Waals surface area contributed by atoms with Crippen molar-refractivity contribution in [2.75, 3.05) is 26.2 Å². The highest BCUT2D eigenvalue weighted by molar-refractivity contribution is 7.10. The Labute approximate surface area is 162 Å². The van der Waals surface area contributed by atoms with Crippen molar-refractivity contribution in [1.29, 1.82) is 0 Å². The van der Waals surface area contributed by atoms with E-state index < -0.39 is 17.7 Å². The monoisotopic (exact) mass is 385 g/mol. The van der Waals surface area contributed by atoms with Crippen LogP contribution in [0, 0.1) is 0 Å². The van der Waals surface area contributed by atoms with E-state index in [1.165, 1.54) is 11.3 Å². The molecule has 2 aromatic rings. The second-order valence-corrected chi connectivity index (χ2v) is 7.25. The lowest BCUT2D eigenvalue weighted by molar-refractivity contribution is -0.140. The molecular weight excluding hydrogens is 362 g/mol. The third-order valence-electron chi connectivity index (χ3n) is 4.86. The fourth-order valence-electron chi connectivity index (χ4n) is 3.31. The molecular formula is C20H23N3O3S. The van der Waals surface area contributed by atoms with E-state index in [9.17, 15) is 14.7 Å². The highest BCUT2D eigenvalue weighted by Gasteiger charge is 2.46. The van der Waals surface area contributed by atoms with Gasteiger partial charge in [-0.3, -0.25) is 14.6 Å². The number of nitrogens with zero attached hydrogens (tertiary/aromatic N) is 3. The number of aliphatic hydroxyl groups excluding tert-OH is 1. The average Bonchev–Trinajstić information content (AvgIpc) is 3.31. The van der Waals surface area contributed by atoms with Gasteiger partial charge in [0.15, 0.2) is 0 Å². The molecule has 2 aromatic heterocycles. The van der Waals surface area contributed by atoms with Gasteiger partial charge in [0.2, 0.25) is 0 Å². The number of hydrogen-bond donors (Lipinski definition) is 1. The molecule has 1 saturated heterocycles. The topological polar surface area (TPSA) is 73.7 Å². The van der Waals surface area contributed by atoms with Crippen LogP contribution in [0.5, 0.6) is 0 Å². The largest absolute Gasteiger partial charge is 0.507 e. The number of hydrogen-bond acceptors (Lipinski definition) is 6. The maximum Gasteiger partial charge on any atom is 0.295 e. The van der Waals surface area contributed by atoms with Crippen LogP contribution in [0.25, 0.3) is 5.76 Å². The van der Waals surface area contributed by atoms with Crippen LogP contribution >= 0.6 is 11.3 Å². The smallest absolute Gasteiger partial charge is 0.295 e. The van der Waals surface area contributed by atoms with Crippen LogP contribution in [0.3, 0.4) is 0 Å². The SMILES string of the molecule is CCN(CC)CCN1C(=O)C(=O)/C(=C(\O)c2ccncc2)C1c1cccs1. The summed E-state index contributed by atoms with van der Waals surface area (Å²) in [7, 11) is 0. The zero-order valence-corrected chi connectivity index (χ0v) is 16.3. The standard InChI is InChI=1S/C20H23N3O3S/c1-3-22(4-2)11-12-23-17(15-6-5-13-27-15)16(19(25)20(23)26)18(24)14-7-9-21-10-8-14/h5-10,13,17,24H,3-4,11-12H2,1-2H3/b18-16-. The molecule has 0 aliphatic carbocycles. The Kier molecular flexibility index (Phi) is 6.03. The minimum atomic E-state index is -0.637. The molecule has 1 atom stereocenters. The number of carbonyl (C=O) groups is 2. The van der Waals surface area contributed by atoms with Crippen molar-refractivity contribution in [1.82, 2.24) is 14.8 Å². The summed E-state index contributed by atoms with van der Waals surface area (Å²) in [6, 6.07) is 6.48. The molecule has 1 fully saturated rings. The van der Waals surface area contributed by atoms with Gasteiger partial charge in [-0.25, -0.2) is 0 Å². The van der Waals surface area contributed by atoms with Gasteiger partial charge in [0, 0.05) is 35.9 Å². The van der Waals surface area contributed by atoms with Gasteiger partial charge in [-0.1, -0.05) is 19.9 Å². The maximum absolute atomic E-state index is 12.8. The Balaban J connectivity index is 2.02. The Morgan fingerprint density at radius 1 is 1.22 bits per heavy atom. The van der Waals surface area contributed by atoms with Crippen molar-refractivity contribution in [2.45, 2.75) is 19.9 Å². The molecule has 0 saturated carbocycles. The number of pyridine rings is 1. The third kappa shape index (κ3) is 3.79. The summed E-state index contributed by atoms with van der Waals surface area (Å²) >= 11 is 1.47. The van der Waals surface area contributed by atoms with Crippen molar-refractivity contribution in [3.8, 4) is 0 Å². The molecule has 1 amide bonds. The van der Waals surface area contributed by atoms with Gasteiger partial charge >= 0.3 is 0 Å². The molecule has 0 aromatic carbocycles. The molecule has 27 heavy (non-hydrogen) atoms. The minimum absolute atomic E-state index is 0.146. The zero-order valence-electron chi connectivity index (χ0n) is 15.5. The molecule has 1 aliphatic rings. The summed E-state index contributed by atoms with van der Waals surface area (Å²) < 4.78 is 0. The van der Waals surface area contributed by atoms with Crippen LogP contribution in [0.1, 0.15) is 30.3 Å². The molecule has 1 N–H and O–H groups in total. The van der Waals surface area contributed by atoms with Crippen molar-refractivity contribution in [3.05, 3.63) is 58.1 Å².